The fourth-order valence-corrected chi connectivity index (χ4v) is 8.13. The second-order valence-corrected chi connectivity index (χ2v) is 11.2. The Kier molecular flexibility index (Phi) is 5.58. The van der Waals surface area contributed by atoms with Crippen molar-refractivity contribution < 1.29 is 66.3 Å². The number of hydrogen-bond acceptors (Lipinski definition) is 10. The Balaban J connectivity index is 7.66. The highest BCUT2D eigenvalue weighted by Crippen LogP contribution is 2.38. The molecule has 0 spiro atoms. The van der Waals surface area contributed by atoms with Crippen molar-refractivity contribution in [1.29, 1.82) is 0 Å². The number of carbonyl (C=O) groups is 1. The van der Waals surface area contributed by atoms with Crippen molar-refractivity contribution in [1.82, 2.24) is 0 Å². The molecule has 0 saturated carbocycles. The topological polar surface area (TPSA) is 258 Å². The van der Waals surface area contributed by atoms with Crippen molar-refractivity contribution in [3.63, 3.8) is 0 Å². The molecule has 24 heavy (non-hydrogen) atoms. The molecule has 0 radical (unpaired) electrons. The van der Waals surface area contributed by atoms with Gasteiger partial charge in [0.05, 0.1) is 14.1 Å². The number of nitrogens with zero attached hydrogens (tertiary/aromatic N) is 1. The van der Waals surface area contributed by atoms with Gasteiger partial charge in [0.15, 0.2) is 10.1 Å². The van der Waals surface area contributed by atoms with Crippen LogP contribution in [0.1, 0.15) is 0 Å². The molecule has 0 rings (SSSR count). The number of quaternary nitrogens is 1. The van der Waals surface area contributed by atoms with E-state index < -0.39 is 59.8 Å². The Labute approximate surface area is 136 Å². The van der Waals surface area contributed by atoms with Gasteiger partial charge in [-0.05, 0) is 0 Å². The smallest absolute Gasteiger partial charge is 0.410 e. The standard InChI is InChI=1S/C5H11NO14S4/c1-6(2,4(21(9,10)11)22(12,13)14)5(3(7)8,23(15,16)17)24(18,19)20/h4H,1-2H3,(H4-,7,8,9,10,11,12,13,14,15,16,17,18,19,20). The highest BCUT2D eigenvalue weighted by molar-refractivity contribution is 8.06. The lowest BCUT2D eigenvalue weighted by Gasteiger charge is -2.44. The van der Waals surface area contributed by atoms with Gasteiger partial charge in [-0.1, -0.05) is 0 Å². The van der Waals surface area contributed by atoms with Crippen LogP contribution in [0.3, 0.4) is 0 Å². The maximum Gasteiger partial charge on any atom is 0.410 e. The van der Waals surface area contributed by atoms with Gasteiger partial charge in [-0.15, -0.1) is 0 Å². The van der Waals surface area contributed by atoms with Crippen LogP contribution < -0.4 is 0 Å². The lowest BCUT2D eigenvalue weighted by molar-refractivity contribution is -0.902. The predicted octanol–water partition coefficient (Wildman–Crippen LogP) is -3.71. The molecule has 0 aliphatic carbocycles. The molecule has 1 unspecified atom stereocenters. The third-order valence-electron chi connectivity index (χ3n) is 2.75. The van der Waals surface area contributed by atoms with E-state index in [4.69, 9.17) is 18.8 Å². The Hall–Kier alpha value is -0.930. The Morgan fingerprint density at radius 1 is 0.917 bits per heavy atom. The Morgan fingerprint density at radius 2 is 1.21 bits per heavy atom. The van der Waals surface area contributed by atoms with Crippen LogP contribution in [-0.2, 0) is 45.3 Å². The molecule has 0 aromatic rings. The average molecular weight is 437 g/mol. The van der Waals surface area contributed by atoms with Crippen molar-refractivity contribution in [2.24, 2.45) is 0 Å². The molecule has 19 heteroatoms. The van der Waals surface area contributed by atoms with E-state index in [0.717, 1.165) is 0 Å². The predicted molar refractivity (Wildman–Crippen MR) is 70.6 cm³/mol. The average Bonchev–Trinajstić information content (AvgIpc) is 2.02. The summed E-state index contributed by atoms with van der Waals surface area (Å²) in [7, 11) is -25.7. The molecule has 0 aliphatic rings. The minimum atomic E-state index is -6.77. The lowest BCUT2D eigenvalue weighted by Crippen LogP contribution is -2.76. The summed E-state index contributed by atoms with van der Waals surface area (Å²) in [4.78, 5) is 11.2. The molecule has 0 saturated heterocycles. The van der Waals surface area contributed by atoms with Crippen molar-refractivity contribution >= 4 is 46.4 Å². The summed E-state index contributed by atoms with van der Waals surface area (Å²) < 4.78 is 116. The van der Waals surface area contributed by atoms with Gasteiger partial charge >= 0.3 is 45.2 Å². The fourth-order valence-electron chi connectivity index (χ4n) is 2.14. The molecular formula is C5H11NO14S4. The summed E-state index contributed by atoms with van der Waals surface area (Å²) in [5.41, 5.74) is 0. The molecule has 0 amide bonds. The van der Waals surface area contributed by atoms with E-state index in [-0.39, 0.29) is 14.1 Å². The molecule has 0 bridgehead atoms. The molecule has 0 aliphatic heterocycles. The summed E-state index contributed by atoms with van der Waals surface area (Å²) >= 11 is 0. The monoisotopic (exact) mass is 437 g/mol. The van der Waals surface area contributed by atoms with Crippen molar-refractivity contribution in [2.75, 3.05) is 14.1 Å². The first kappa shape index (κ1) is 23.1. The third kappa shape index (κ3) is 3.39. The van der Waals surface area contributed by atoms with E-state index in [1.807, 2.05) is 0 Å². The zero-order valence-electron chi connectivity index (χ0n) is 11.5. The number of rotatable bonds is 7. The van der Waals surface area contributed by atoms with E-state index in [9.17, 15) is 43.0 Å². The second kappa shape index (κ2) is 5.81. The summed E-state index contributed by atoms with van der Waals surface area (Å²) in [6, 6.07) is 0. The van der Waals surface area contributed by atoms with Crippen LogP contribution in [0.15, 0.2) is 0 Å². The first-order valence-corrected chi connectivity index (χ1v) is 10.8. The molecular weight excluding hydrogens is 426 g/mol. The van der Waals surface area contributed by atoms with Gasteiger partial charge in [0.2, 0.25) is 0 Å². The molecule has 15 nitrogen and oxygen atoms in total. The van der Waals surface area contributed by atoms with Crippen molar-refractivity contribution in [3.8, 4) is 0 Å². The van der Waals surface area contributed by atoms with E-state index in [0.29, 0.717) is 0 Å². The van der Waals surface area contributed by atoms with Crippen LogP contribution in [0.4, 0.5) is 0 Å². The number of carboxylic acid groups (broad SMARTS) is 1. The Bertz CT molecular complexity index is 886. The molecule has 144 valence electrons. The van der Waals surface area contributed by atoms with E-state index in [2.05, 4.69) is 0 Å². The number of likely N-dealkylation sites (N-methyl/N-ethyl adjacent to an activating group) is 1. The summed E-state index contributed by atoms with van der Waals surface area (Å²) in [5.74, 6) is -3.19. The SMILES string of the molecule is C[N+](C)(C(S(=O)(=O)O)S(=O)(=O)O)C(C(=O)O)(S(=O)(=O)[O-])S(=O)(=O)O. The number of carboxylic acids is 1. The second-order valence-electron chi connectivity index (χ2n) is 4.69. The Morgan fingerprint density at radius 3 is 1.33 bits per heavy atom. The van der Waals surface area contributed by atoms with Crippen LogP contribution in [0.2, 0.25) is 0 Å². The lowest BCUT2D eigenvalue weighted by atomic mass is 10.5. The zero-order valence-corrected chi connectivity index (χ0v) is 14.8. The minimum absolute atomic E-state index is 0.0659. The minimum Gasteiger partial charge on any atom is -0.742 e. The normalized spacial score (nSPS) is 17.5. The van der Waals surface area contributed by atoms with Gasteiger partial charge in [0.25, 0.3) is 0 Å². The first-order chi connectivity index (χ1) is 10.1. The van der Waals surface area contributed by atoms with Crippen molar-refractivity contribution in [2.45, 2.75) is 8.91 Å². The third-order valence-corrected chi connectivity index (χ3v) is 10.2. The van der Waals surface area contributed by atoms with Crippen LogP contribution in [-0.4, -0.2) is 90.4 Å². The fraction of sp³-hybridized carbons (Fsp3) is 0.800. The molecule has 0 fully saturated rings. The molecule has 0 aromatic carbocycles. The van der Waals surface area contributed by atoms with Gasteiger partial charge in [-0.3, -0.25) is 18.1 Å². The zero-order chi connectivity index (χ0) is 20.2. The van der Waals surface area contributed by atoms with Crippen LogP contribution in [0.25, 0.3) is 0 Å². The van der Waals surface area contributed by atoms with E-state index in [1.54, 1.807) is 0 Å². The van der Waals surface area contributed by atoms with Crippen molar-refractivity contribution in [3.05, 3.63) is 0 Å². The molecule has 4 N–H and O–H groups in total. The van der Waals surface area contributed by atoms with E-state index in [1.165, 1.54) is 0 Å². The van der Waals surface area contributed by atoms with Crippen LogP contribution in [0, 0.1) is 0 Å². The summed E-state index contributed by atoms with van der Waals surface area (Å²) in [5, 5.41) is 8.92. The van der Waals surface area contributed by atoms with Gasteiger partial charge in [0.1, 0.15) is 0 Å². The largest absolute Gasteiger partial charge is 0.742 e. The number of aliphatic carboxylic acids is 1. The van der Waals surface area contributed by atoms with E-state index >= 15 is 0 Å². The van der Waals surface area contributed by atoms with Crippen LogP contribution >= 0.6 is 0 Å². The number of hydrogen-bond donors (Lipinski definition) is 4. The van der Waals surface area contributed by atoms with Gasteiger partial charge in [0, 0.05) is 0 Å². The van der Waals surface area contributed by atoms with Gasteiger partial charge in [-0.25, -0.2) is 13.2 Å². The first-order valence-electron chi connectivity index (χ1n) is 4.98. The highest BCUT2D eigenvalue weighted by atomic mass is 32.3. The highest BCUT2D eigenvalue weighted by Gasteiger charge is 2.75. The van der Waals surface area contributed by atoms with Gasteiger partial charge in [-0.2, -0.15) is 25.3 Å². The van der Waals surface area contributed by atoms with Crippen LogP contribution in [0.5, 0.6) is 0 Å². The van der Waals surface area contributed by atoms with Gasteiger partial charge < -0.3 is 9.66 Å². The quantitative estimate of drug-likeness (QED) is 0.221. The molecule has 0 aromatic heterocycles. The molecule has 0 heterocycles. The summed E-state index contributed by atoms with van der Waals surface area (Å²) in [6.45, 7) is 0. The summed E-state index contributed by atoms with van der Waals surface area (Å²) in [6.07, 6.45) is 0. The maximum absolute atomic E-state index is 11.4. The maximum atomic E-state index is 11.4. The molecule has 1 atom stereocenters.